The average molecular weight is 255 g/mol. The molecule has 0 radical (unpaired) electrons. The number of rotatable bonds is 2. The lowest BCUT2D eigenvalue weighted by molar-refractivity contribution is 0.0697. The Morgan fingerprint density at radius 2 is 2.00 bits per heavy atom. The van der Waals surface area contributed by atoms with Crippen LogP contribution in [-0.4, -0.2) is 29.1 Å². The monoisotopic (exact) mass is 255 g/mol. The van der Waals surface area contributed by atoms with Crippen molar-refractivity contribution in [1.82, 2.24) is 4.98 Å². The van der Waals surface area contributed by atoms with Gasteiger partial charge in [-0.1, -0.05) is 18.2 Å². The second-order valence-electron chi connectivity index (χ2n) is 4.32. The topological polar surface area (TPSA) is 74.2 Å². The number of hydrogen-bond acceptors (Lipinski definition) is 4. The number of carbonyl (C=O) groups is 1. The molecular weight excluding hydrogens is 242 g/mol. The van der Waals surface area contributed by atoms with Gasteiger partial charge in [0.15, 0.2) is 0 Å². The number of pyridine rings is 1. The van der Waals surface area contributed by atoms with Crippen LogP contribution in [0.25, 0.3) is 11.1 Å². The Balaban J connectivity index is 2.10. The van der Waals surface area contributed by atoms with Gasteiger partial charge in [-0.3, -0.25) is 0 Å². The molecule has 1 aliphatic heterocycles. The summed E-state index contributed by atoms with van der Waals surface area (Å²) in [5, 5.41) is 15.7. The number of nitrogens with zero attached hydrogens (tertiary/aromatic N) is 1. The first-order valence-corrected chi connectivity index (χ1v) is 6.06. The summed E-state index contributed by atoms with van der Waals surface area (Å²) in [5.41, 5.74) is 2.67. The highest BCUT2D eigenvalue weighted by molar-refractivity contribution is 5.96. The first-order valence-electron chi connectivity index (χ1n) is 6.06. The van der Waals surface area contributed by atoms with Crippen molar-refractivity contribution in [3.8, 4) is 11.1 Å². The van der Waals surface area contributed by atoms with Crippen LogP contribution in [0.1, 0.15) is 10.4 Å². The zero-order valence-electron chi connectivity index (χ0n) is 10.2. The predicted octanol–water partition coefficient (Wildman–Crippen LogP) is 2.28. The summed E-state index contributed by atoms with van der Waals surface area (Å²) in [6, 6.07) is 8.87. The highest BCUT2D eigenvalue weighted by Gasteiger charge is 2.14. The molecule has 0 aliphatic carbocycles. The van der Waals surface area contributed by atoms with Crippen molar-refractivity contribution in [2.75, 3.05) is 23.7 Å². The van der Waals surface area contributed by atoms with E-state index in [0.717, 1.165) is 30.2 Å². The van der Waals surface area contributed by atoms with Gasteiger partial charge >= 0.3 is 5.97 Å². The standard InChI is InChI=1S/C14H13N3O2/c18-14(19)11-4-2-1-3-10(11)9-7-12-13(17-8-9)16-6-5-15-12/h1-4,7-8,15H,5-6H2,(H,16,17)(H,18,19). The molecule has 96 valence electrons. The van der Waals surface area contributed by atoms with Crippen molar-refractivity contribution in [1.29, 1.82) is 0 Å². The minimum Gasteiger partial charge on any atom is -0.478 e. The molecule has 0 amide bonds. The first-order chi connectivity index (χ1) is 9.25. The highest BCUT2D eigenvalue weighted by Crippen LogP contribution is 2.30. The fourth-order valence-electron chi connectivity index (χ4n) is 2.19. The molecule has 2 heterocycles. The van der Waals surface area contributed by atoms with Crippen LogP contribution in [0.2, 0.25) is 0 Å². The number of nitrogens with one attached hydrogen (secondary N) is 2. The number of hydrogen-bond donors (Lipinski definition) is 3. The summed E-state index contributed by atoms with van der Waals surface area (Å²) >= 11 is 0. The third-order valence-corrected chi connectivity index (χ3v) is 3.09. The van der Waals surface area contributed by atoms with E-state index < -0.39 is 5.97 Å². The van der Waals surface area contributed by atoms with E-state index in [0.29, 0.717) is 5.56 Å². The van der Waals surface area contributed by atoms with Crippen molar-refractivity contribution < 1.29 is 9.90 Å². The Hall–Kier alpha value is -2.56. The Bertz CT molecular complexity index is 640. The van der Waals surface area contributed by atoms with Crippen LogP contribution < -0.4 is 10.6 Å². The van der Waals surface area contributed by atoms with Crippen molar-refractivity contribution in [3.05, 3.63) is 42.1 Å². The normalized spacial score (nSPS) is 13.1. The van der Waals surface area contributed by atoms with Gasteiger partial charge in [-0.25, -0.2) is 9.78 Å². The van der Waals surface area contributed by atoms with E-state index in [4.69, 9.17) is 0 Å². The third-order valence-electron chi connectivity index (χ3n) is 3.09. The van der Waals surface area contributed by atoms with Crippen LogP contribution in [0, 0.1) is 0 Å². The van der Waals surface area contributed by atoms with Gasteiger partial charge in [-0.15, -0.1) is 0 Å². The minimum atomic E-state index is -0.931. The van der Waals surface area contributed by atoms with E-state index in [1.807, 2.05) is 12.1 Å². The van der Waals surface area contributed by atoms with Crippen molar-refractivity contribution in [2.45, 2.75) is 0 Å². The van der Waals surface area contributed by atoms with Crippen molar-refractivity contribution in [2.24, 2.45) is 0 Å². The number of benzene rings is 1. The van der Waals surface area contributed by atoms with E-state index in [2.05, 4.69) is 15.6 Å². The second-order valence-corrected chi connectivity index (χ2v) is 4.32. The number of anilines is 2. The van der Waals surface area contributed by atoms with Gasteiger partial charge < -0.3 is 15.7 Å². The zero-order valence-corrected chi connectivity index (χ0v) is 10.2. The largest absolute Gasteiger partial charge is 0.478 e. The molecule has 2 aromatic rings. The lowest BCUT2D eigenvalue weighted by atomic mass is 10.0. The Kier molecular flexibility index (Phi) is 2.79. The molecule has 5 heteroatoms. The Labute approximate surface area is 110 Å². The SMILES string of the molecule is O=C(O)c1ccccc1-c1cnc2c(c1)NCCN2. The summed E-state index contributed by atoms with van der Waals surface area (Å²) in [6.07, 6.45) is 1.70. The third kappa shape index (κ3) is 2.10. The molecule has 3 N–H and O–H groups in total. The van der Waals surface area contributed by atoms with E-state index in [1.54, 1.807) is 24.4 Å². The molecule has 0 bridgehead atoms. The number of fused-ring (bicyclic) bond motifs is 1. The van der Waals surface area contributed by atoms with Gasteiger partial charge in [0.25, 0.3) is 0 Å². The molecule has 5 nitrogen and oxygen atoms in total. The Morgan fingerprint density at radius 1 is 1.21 bits per heavy atom. The molecule has 1 aromatic carbocycles. The minimum absolute atomic E-state index is 0.285. The van der Waals surface area contributed by atoms with Crippen LogP contribution >= 0.6 is 0 Å². The quantitative estimate of drug-likeness (QED) is 0.767. The molecule has 3 rings (SSSR count). The number of carboxylic acid groups (broad SMARTS) is 1. The van der Waals surface area contributed by atoms with Gasteiger partial charge in [0.2, 0.25) is 0 Å². The molecule has 0 unspecified atom stereocenters. The van der Waals surface area contributed by atoms with Gasteiger partial charge in [-0.05, 0) is 17.7 Å². The maximum Gasteiger partial charge on any atom is 0.336 e. The van der Waals surface area contributed by atoms with Crippen molar-refractivity contribution in [3.63, 3.8) is 0 Å². The smallest absolute Gasteiger partial charge is 0.336 e. The van der Waals surface area contributed by atoms with Gasteiger partial charge in [-0.2, -0.15) is 0 Å². The van der Waals surface area contributed by atoms with E-state index in [1.165, 1.54) is 0 Å². The maximum atomic E-state index is 11.2. The van der Waals surface area contributed by atoms with Crippen LogP contribution in [0.15, 0.2) is 36.5 Å². The summed E-state index contributed by atoms with van der Waals surface area (Å²) in [7, 11) is 0. The van der Waals surface area contributed by atoms with E-state index in [9.17, 15) is 9.90 Å². The fourth-order valence-corrected chi connectivity index (χ4v) is 2.19. The molecule has 19 heavy (non-hydrogen) atoms. The summed E-state index contributed by atoms with van der Waals surface area (Å²) in [6.45, 7) is 1.67. The van der Waals surface area contributed by atoms with Crippen LogP contribution in [0.5, 0.6) is 0 Å². The highest BCUT2D eigenvalue weighted by atomic mass is 16.4. The van der Waals surface area contributed by atoms with E-state index in [-0.39, 0.29) is 5.56 Å². The maximum absolute atomic E-state index is 11.2. The molecular formula is C14H13N3O2. The number of aromatic nitrogens is 1. The first kappa shape index (κ1) is 11.5. The molecule has 0 fully saturated rings. The van der Waals surface area contributed by atoms with Crippen LogP contribution in [0.3, 0.4) is 0 Å². The fraction of sp³-hybridized carbons (Fsp3) is 0.143. The van der Waals surface area contributed by atoms with Gasteiger partial charge in [0.05, 0.1) is 11.3 Å². The molecule has 1 aromatic heterocycles. The van der Waals surface area contributed by atoms with Crippen LogP contribution in [0.4, 0.5) is 11.5 Å². The lowest BCUT2D eigenvalue weighted by Crippen LogP contribution is -2.21. The zero-order chi connectivity index (χ0) is 13.2. The summed E-state index contributed by atoms with van der Waals surface area (Å²) in [4.78, 5) is 15.6. The number of carboxylic acids is 1. The average Bonchev–Trinajstić information content (AvgIpc) is 2.46. The summed E-state index contributed by atoms with van der Waals surface area (Å²) in [5.74, 6) is -0.123. The van der Waals surface area contributed by atoms with E-state index >= 15 is 0 Å². The number of aromatic carboxylic acids is 1. The molecule has 0 saturated heterocycles. The lowest BCUT2D eigenvalue weighted by Gasteiger charge is -2.19. The van der Waals surface area contributed by atoms with Crippen molar-refractivity contribution >= 4 is 17.5 Å². The Morgan fingerprint density at radius 3 is 2.84 bits per heavy atom. The second kappa shape index (κ2) is 4.61. The molecule has 0 spiro atoms. The van der Waals surface area contributed by atoms with Gasteiger partial charge in [0.1, 0.15) is 5.82 Å². The molecule has 0 atom stereocenters. The molecule has 1 aliphatic rings. The summed E-state index contributed by atoms with van der Waals surface area (Å²) < 4.78 is 0. The van der Waals surface area contributed by atoms with Crippen LogP contribution in [-0.2, 0) is 0 Å². The molecule has 0 saturated carbocycles. The predicted molar refractivity (Wildman–Crippen MR) is 73.6 cm³/mol. The van der Waals surface area contributed by atoms with Gasteiger partial charge in [0, 0.05) is 24.8 Å².